The molecule has 1 N–H and O–H groups in total. The van der Waals surface area contributed by atoms with E-state index in [-0.39, 0.29) is 17.5 Å². The number of ether oxygens (including phenoxy) is 1. The molecule has 1 atom stereocenters. The molecule has 0 radical (unpaired) electrons. The Balaban J connectivity index is 2.08. The minimum atomic E-state index is -0.413. The Morgan fingerprint density at radius 2 is 2.04 bits per heavy atom. The van der Waals surface area contributed by atoms with Gasteiger partial charge in [0.2, 0.25) is 5.91 Å². The van der Waals surface area contributed by atoms with Crippen LogP contribution in [-0.4, -0.2) is 44.4 Å². The maximum atomic E-state index is 12.3. The van der Waals surface area contributed by atoms with Gasteiger partial charge in [0.05, 0.1) is 12.9 Å². The van der Waals surface area contributed by atoms with Crippen molar-refractivity contribution in [2.45, 2.75) is 32.4 Å². The molecule has 1 amide bonds. The first-order valence-corrected chi connectivity index (χ1v) is 7.76. The smallest absolute Gasteiger partial charge is 0.332 e. The Morgan fingerprint density at radius 1 is 1.33 bits per heavy atom. The van der Waals surface area contributed by atoms with Crippen molar-refractivity contribution in [3.8, 4) is 0 Å². The van der Waals surface area contributed by atoms with E-state index in [4.69, 9.17) is 4.74 Å². The first-order chi connectivity index (χ1) is 11.4. The third-order valence-electron chi connectivity index (χ3n) is 3.84. The molecule has 0 aliphatic heterocycles. The van der Waals surface area contributed by atoms with Crippen LogP contribution in [0, 0.1) is 0 Å². The van der Waals surface area contributed by atoms with E-state index in [9.17, 15) is 14.4 Å². The molecule has 0 fully saturated rings. The molecule has 2 aromatic rings. The van der Waals surface area contributed by atoms with Gasteiger partial charge in [0, 0.05) is 40.2 Å². The molecule has 9 nitrogen and oxygen atoms in total. The fourth-order valence-electron chi connectivity index (χ4n) is 2.62. The van der Waals surface area contributed by atoms with Crippen LogP contribution in [0.1, 0.15) is 19.8 Å². The van der Waals surface area contributed by atoms with Gasteiger partial charge in [-0.25, -0.2) is 9.78 Å². The average molecular weight is 337 g/mol. The molecule has 2 rings (SSSR count). The van der Waals surface area contributed by atoms with Gasteiger partial charge in [0.25, 0.3) is 5.56 Å². The van der Waals surface area contributed by atoms with Gasteiger partial charge >= 0.3 is 5.69 Å². The topological polar surface area (TPSA) is 100 Å². The fraction of sp³-hybridized carbons (Fsp3) is 0.600. The minimum absolute atomic E-state index is 0.0432. The second-order valence-electron chi connectivity index (χ2n) is 5.84. The molecule has 0 saturated carbocycles. The lowest BCUT2D eigenvalue weighted by atomic mass is 10.2. The van der Waals surface area contributed by atoms with Gasteiger partial charge in [-0.3, -0.25) is 18.7 Å². The minimum Gasteiger partial charge on any atom is -0.383 e. The summed E-state index contributed by atoms with van der Waals surface area (Å²) in [6.45, 7) is 2.80. The standard InChI is InChI=1S/C15H23N5O4/c1-10(8-24-4)17-11(21)6-5-7-20-9-16-13-12(20)14(22)19(3)15(23)18(13)2/h9-10H,5-8H2,1-4H3,(H,17,21)/t10-/m1/s1. The zero-order valence-electron chi connectivity index (χ0n) is 14.4. The molecule has 0 aliphatic rings. The van der Waals surface area contributed by atoms with E-state index < -0.39 is 5.69 Å². The molecule has 9 heteroatoms. The van der Waals surface area contributed by atoms with Crippen molar-refractivity contribution in [1.29, 1.82) is 0 Å². The zero-order valence-corrected chi connectivity index (χ0v) is 14.4. The maximum Gasteiger partial charge on any atom is 0.332 e. The summed E-state index contributed by atoms with van der Waals surface area (Å²) in [4.78, 5) is 40.2. The second kappa shape index (κ2) is 7.43. The Hall–Kier alpha value is -2.42. The number of aromatic nitrogens is 4. The number of aryl methyl sites for hydroxylation is 2. The highest BCUT2D eigenvalue weighted by Gasteiger charge is 2.14. The third-order valence-corrected chi connectivity index (χ3v) is 3.84. The maximum absolute atomic E-state index is 12.3. The van der Waals surface area contributed by atoms with Crippen molar-refractivity contribution in [3.05, 3.63) is 27.2 Å². The number of amides is 1. The molecule has 0 bridgehead atoms. The number of hydrogen-bond acceptors (Lipinski definition) is 5. The lowest BCUT2D eigenvalue weighted by Crippen LogP contribution is -2.37. The van der Waals surface area contributed by atoms with Crippen molar-refractivity contribution in [1.82, 2.24) is 24.0 Å². The SMILES string of the molecule is COC[C@@H](C)NC(=O)CCCn1cnc2c1c(=O)n(C)c(=O)n2C. The molecule has 0 saturated heterocycles. The summed E-state index contributed by atoms with van der Waals surface area (Å²) in [5.74, 6) is -0.0655. The Morgan fingerprint density at radius 3 is 2.71 bits per heavy atom. The Bertz CT molecular complexity index is 848. The van der Waals surface area contributed by atoms with E-state index in [1.807, 2.05) is 6.92 Å². The first-order valence-electron chi connectivity index (χ1n) is 7.76. The van der Waals surface area contributed by atoms with Crippen LogP contribution in [0.25, 0.3) is 11.2 Å². The summed E-state index contributed by atoms with van der Waals surface area (Å²) in [5, 5.41) is 2.84. The van der Waals surface area contributed by atoms with Gasteiger partial charge in [-0.15, -0.1) is 0 Å². The molecular formula is C15H23N5O4. The molecule has 0 aromatic carbocycles. The number of methoxy groups -OCH3 is 1. The van der Waals surface area contributed by atoms with E-state index in [1.54, 1.807) is 18.7 Å². The number of carbonyl (C=O) groups is 1. The summed E-state index contributed by atoms with van der Waals surface area (Å²) >= 11 is 0. The Kier molecular flexibility index (Phi) is 5.55. The van der Waals surface area contributed by atoms with Crippen LogP contribution in [0.3, 0.4) is 0 Å². The number of fused-ring (bicyclic) bond motifs is 1. The van der Waals surface area contributed by atoms with Crippen LogP contribution in [0.15, 0.2) is 15.9 Å². The average Bonchev–Trinajstić information content (AvgIpc) is 2.95. The van der Waals surface area contributed by atoms with E-state index in [0.717, 1.165) is 4.57 Å². The van der Waals surface area contributed by atoms with Crippen molar-refractivity contribution < 1.29 is 9.53 Å². The third kappa shape index (κ3) is 3.56. The molecule has 0 aliphatic carbocycles. The predicted molar refractivity (Wildman–Crippen MR) is 88.9 cm³/mol. The van der Waals surface area contributed by atoms with Crippen molar-refractivity contribution >= 4 is 17.1 Å². The highest BCUT2D eigenvalue weighted by molar-refractivity contribution is 5.76. The fourth-order valence-corrected chi connectivity index (χ4v) is 2.62. The lowest BCUT2D eigenvalue weighted by molar-refractivity contribution is -0.122. The largest absolute Gasteiger partial charge is 0.383 e. The van der Waals surface area contributed by atoms with Gasteiger partial charge in [-0.05, 0) is 13.3 Å². The summed E-state index contributed by atoms with van der Waals surface area (Å²) in [6, 6.07) is -0.0432. The van der Waals surface area contributed by atoms with E-state index in [2.05, 4.69) is 10.3 Å². The molecule has 132 valence electrons. The van der Waals surface area contributed by atoms with Crippen LogP contribution in [0.2, 0.25) is 0 Å². The molecular weight excluding hydrogens is 314 g/mol. The van der Waals surface area contributed by atoms with Gasteiger partial charge in [-0.1, -0.05) is 0 Å². The molecule has 2 heterocycles. The van der Waals surface area contributed by atoms with Gasteiger partial charge in [-0.2, -0.15) is 0 Å². The Labute approximate surface area is 138 Å². The van der Waals surface area contributed by atoms with Crippen LogP contribution in [0.5, 0.6) is 0 Å². The summed E-state index contributed by atoms with van der Waals surface area (Å²) < 4.78 is 9.05. The molecule has 2 aromatic heterocycles. The van der Waals surface area contributed by atoms with Crippen LogP contribution < -0.4 is 16.6 Å². The summed E-state index contributed by atoms with van der Waals surface area (Å²) in [7, 11) is 4.60. The number of carbonyl (C=O) groups excluding carboxylic acids is 1. The quantitative estimate of drug-likeness (QED) is 0.725. The van der Waals surface area contributed by atoms with E-state index in [0.29, 0.717) is 37.2 Å². The van der Waals surface area contributed by atoms with Crippen molar-refractivity contribution in [2.24, 2.45) is 14.1 Å². The normalized spacial score (nSPS) is 12.5. The highest BCUT2D eigenvalue weighted by Crippen LogP contribution is 2.07. The molecule has 0 unspecified atom stereocenters. The molecule has 0 spiro atoms. The van der Waals surface area contributed by atoms with Crippen molar-refractivity contribution in [3.63, 3.8) is 0 Å². The lowest BCUT2D eigenvalue weighted by Gasteiger charge is -2.12. The van der Waals surface area contributed by atoms with E-state index >= 15 is 0 Å². The van der Waals surface area contributed by atoms with Gasteiger partial charge in [0.1, 0.15) is 0 Å². The van der Waals surface area contributed by atoms with Crippen molar-refractivity contribution in [2.75, 3.05) is 13.7 Å². The van der Waals surface area contributed by atoms with Crippen LogP contribution in [-0.2, 0) is 30.2 Å². The number of rotatable bonds is 7. The number of hydrogen-bond donors (Lipinski definition) is 1. The number of nitrogens with zero attached hydrogens (tertiary/aromatic N) is 4. The summed E-state index contributed by atoms with van der Waals surface area (Å²) in [6.07, 6.45) is 2.42. The van der Waals surface area contributed by atoms with Gasteiger partial charge in [0.15, 0.2) is 11.2 Å². The zero-order chi connectivity index (χ0) is 17.9. The van der Waals surface area contributed by atoms with Crippen LogP contribution >= 0.6 is 0 Å². The first kappa shape index (κ1) is 17.9. The molecule has 24 heavy (non-hydrogen) atoms. The predicted octanol–water partition coefficient (Wildman–Crippen LogP) is -0.635. The highest BCUT2D eigenvalue weighted by atomic mass is 16.5. The number of imidazole rings is 1. The summed E-state index contributed by atoms with van der Waals surface area (Å²) in [5.41, 5.74) is -0.0814. The number of nitrogens with one attached hydrogen (secondary N) is 1. The van der Waals surface area contributed by atoms with Gasteiger partial charge < -0.3 is 14.6 Å². The second-order valence-corrected chi connectivity index (χ2v) is 5.84. The van der Waals surface area contributed by atoms with E-state index in [1.165, 1.54) is 17.9 Å². The van der Waals surface area contributed by atoms with Crippen LogP contribution in [0.4, 0.5) is 0 Å². The monoisotopic (exact) mass is 337 g/mol.